The lowest BCUT2D eigenvalue weighted by Gasteiger charge is -2.22. The van der Waals surface area contributed by atoms with E-state index >= 15 is 0 Å². The lowest BCUT2D eigenvalue weighted by atomic mass is 9.96. The molecule has 0 radical (unpaired) electrons. The fraction of sp³-hybridized carbons (Fsp3) is 0.455. The summed E-state index contributed by atoms with van der Waals surface area (Å²) in [5.41, 5.74) is 11.1. The van der Waals surface area contributed by atoms with Crippen LogP contribution in [-0.4, -0.2) is 16.4 Å². The molecule has 1 aromatic rings. The number of amides is 1. The van der Waals surface area contributed by atoms with Gasteiger partial charge < -0.3 is 16.8 Å². The van der Waals surface area contributed by atoms with Crippen LogP contribution in [0.4, 0.5) is 11.5 Å². The summed E-state index contributed by atoms with van der Waals surface area (Å²) in [6, 6.07) is 3.32. The number of nitrogens with two attached hydrogens (primary N) is 2. The largest absolute Gasteiger partial charge is 0.384 e. The molecule has 0 aliphatic heterocycles. The van der Waals surface area contributed by atoms with Crippen molar-refractivity contribution >= 4 is 17.4 Å². The third kappa shape index (κ3) is 3.20. The molecule has 0 aliphatic rings. The van der Waals surface area contributed by atoms with Crippen LogP contribution in [0.15, 0.2) is 18.3 Å². The number of nitrogen functional groups attached to an aromatic ring is 1. The molecule has 5 heteroatoms. The molecule has 0 fully saturated rings. The summed E-state index contributed by atoms with van der Waals surface area (Å²) in [4.78, 5) is 15.7. The number of hydrogen-bond donors (Lipinski definition) is 3. The number of nitrogens with one attached hydrogen (secondary N) is 1. The molecule has 0 spiro atoms. The van der Waals surface area contributed by atoms with E-state index in [9.17, 15) is 4.79 Å². The number of carbonyl (C=O) groups excluding carboxylic acids is 1. The Morgan fingerprint density at radius 2 is 2.25 bits per heavy atom. The van der Waals surface area contributed by atoms with Gasteiger partial charge in [-0.05, 0) is 25.5 Å². The first-order valence-corrected chi connectivity index (χ1v) is 5.27. The van der Waals surface area contributed by atoms with Gasteiger partial charge in [-0.1, -0.05) is 13.3 Å². The van der Waals surface area contributed by atoms with Crippen LogP contribution in [-0.2, 0) is 4.79 Å². The maximum Gasteiger partial charge on any atom is 0.244 e. The standard InChI is InChI=1S/C11H18N4O/c1-3-6-11(2,13)10(16)15-8-4-5-9(12)14-7-8/h4-5,7H,3,6,13H2,1-2H3,(H2,12,14)(H,15,16). The van der Waals surface area contributed by atoms with Gasteiger partial charge in [-0.3, -0.25) is 4.79 Å². The molecule has 1 amide bonds. The summed E-state index contributed by atoms with van der Waals surface area (Å²) in [5.74, 6) is 0.211. The molecule has 5 N–H and O–H groups in total. The number of aromatic nitrogens is 1. The molecule has 1 unspecified atom stereocenters. The van der Waals surface area contributed by atoms with Gasteiger partial charge in [-0.25, -0.2) is 4.98 Å². The van der Waals surface area contributed by atoms with Crippen molar-refractivity contribution in [3.8, 4) is 0 Å². The molecule has 16 heavy (non-hydrogen) atoms. The van der Waals surface area contributed by atoms with Crippen LogP contribution in [0.5, 0.6) is 0 Å². The Balaban J connectivity index is 2.67. The third-order valence-corrected chi connectivity index (χ3v) is 2.33. The maximum atomic E-state index is 11.8. The van der Waals surface area contributed by atoms with E-state index in [1.165, 1.54) is 6.20 Å². The van der Waals surface area contributed by atoms with Gasteiger partial charge in [0.15, 0.2) is 0 Å². The van der Waals surface area contributed by atoms with Crippen molar-refractivity contribution in [2.45, 2.75) is 32.2 Å². The van der Waals surface area contributed by atoms with E-state index in [0.29, 0.717) is 17.9 Å². The van der Waals surface area contributed by atoms with Crippen molar-refractivity contribution in [1.82, 2.24) is 4.98 Å². The number of rotatable bonds is 4. The second kappa shape index (κ2) is 4.94. The lowest BCUT2D eigenvalue weighted by molar-refractivity contribution is -0.120. The van der Waals surface area contributed by atoms with Gasteiger partial charge in [0.05, 0.1) is 17.4 Å². The highest BCUT2D eigenvalue weighted by atomic mass is 16.2. The highest BCUT2D eigenvalue weighted by Gasteiger charge is 2.27. The summed E-state index contributed by atoms with van der Waals surface area (Å²) >= 11 is 0. The van der Waals surface area contributed by atoms with Crippen LogP contribution in [0.25, 0.3) is 0 Å². The van der Waals surface area contributed by atoms with E-state index in [0.717, 1.165) is 6.42 Å². The molecular formula is C11H18N4O. The Bertz CT molecular complexity index is 359. The minimum Gasteiger partial charge on any atom is -0.384 e. The molecule has 0 bridgehead atoms. The number of anilines is 2. The molecular weight excluding hydrogens is 204 g/mol. The molecule has 0 aliphatic carbocycles. The van der Waals surface area contributed by atoms with E-state index < -0.39 is 5.54 Å². The quantitative estimate of drug-likeness (QED) is 0.711. The van der Waals surface area contributed by atoms with Gasteiger partial charge in [0.25, 0.3) is 0 Å². The normalized spacial score (nSPS) is 14.2. The average Bonchev–Trinajstić information content (AvgIpc) is 2.21. The molecule has 88 valence electrons. The topological polar surface area (TPSA) is 94.0 Å². The van der Waals surface area contributed by atoms with Gasteiger partial charge in [0.2, 0.25) is 5.91 Å². The number of nitrogens with zero attached hydrogens (tertiary/aromatic N) is 1. The Morgan fingerprint density at radius 1 is 1.56 bits per heavy atom. The predicted molar refractivity (Wildman–Crippen MR) is 64.8 cm³/mol. The third-order valence-electron chi connectivity index (χ3n) is 2.33. The minimum atomic E-state index is -0.851. The molecule has 0 saturated heterocycles. The van der Waals surface area contributed by atoms with Gasteiger partial charge in [-0.2, -0.15) is 0 Å². The van der Waals surface area contributed by atoms with Gasteiger partial charge in [-0.15, -0.1) is 0 Å². The van der Waals surface area contributed by atoms with Crippen molar-refractivity contribution < 1.29 is 4.79 Å². The summed E-state index contributed by atoms with van der Waals surface area (Å²) in [5, 5.41) is 2.71. The summed E-state index contributed by atoms with van der Waals surface area (Å²) in [6.07, 6.45) is 3.01. The van der Waals surface area contributed by atoms with Crippen molar-refractivity contribution in [2.24, 2.45) is 5.73 Å². The molecule has 5 nitrogen and oxygen atoms in total. The number of hydrogen-bond acceptors (Lipinski definition) is 4. The first kappa shape index (κ1) is 12.4. The van der Waals surface area contributed by atoms with Gasteiger partial charge in [0.1, 0.15) is 5.82 Å². The highest BCUT2D eigenvalue weighted by Crippen LogP contribution is 2.13. The van der Waals surface area contributed by atoms with Crippen LogP contribution in [0, 0.1) is 0 Å². The molecule has 0 saturated carbocycles. The van der Waals surface area contributed by atoms with Gasteiger partial charge in [0, 0.05) is 0 Å². The zero-order valence-electron chi connectivity index (χ0n) is 9.66. The highest BCUT2D eigenvalue weighted by molar-refractivity contribution is 5.97. The fourth-order valence-electron chi connectivity index (χ4n) is 1.39. The predicted octanol–water partition coefficient (Wildman–Crippen LogP) is 1.12. The van der Waals surface area contributed by atoms with Crippen LogP contribution in [0.2, 0.25) is 0 Å². The Hall–Kier alpha value is -1.62. The van der Waals surface area contributed by atoms with Crippen LogP contribution in [0.3, 0.4) is 0 Å². The lowest BCUT2D eigenvalue weighted by Crippen LogP contribution is -2.48. The first-order valence-electron chi connectivity index (χ1n) is 5.27. The Kier molecular flexibility index (Phi) is 3.84. The van der Waals surface area contributed by atoms with Crippen molar-refractivity contribution in [2.75, 3.05) is 11.1 Å². The Labute approximate surface area is 95.2 Å². The zero-order valence-corrected chi connectivity index (χ0v) is 9.66. The van der Waals surface area contributed by atoms with E-state index in [1.54, 1.807) is 19.1 Å². The van der Waals surface area contributed by atoms with E-state index in [-0.39, 0.29) is 5.91 Å². The summed E-state index contributed by atoms with van der Waals surface area (Å²) in [6.45, 7) is 3.71. The molecule has 1 heterocycles. The zero-order chi connectivity index (χ0) is 12.2. The van der Waals surface area contributed by atoms with E-state index in [4.69, 9.17) is 11.5 Å². The van der Waals surface area contributed by atoms with Gasteiger partial charge >= 0.3 is 0 Å². The number of pyridine rings is 1. The SMILES string of the molecule is CCCC(C)(N)C(=O)Nc1ccc(N)nc1. The van der Waals surface area contributed by atoms with Crippen molar-refractivity contribution in [1.29, 1.82) is 0 Å². The van der Waals surface area contributed by atoms with Crippen LogP contribution >= 0.6 is 0 Å². The molecule has 1 atom stereocenters. The van der Waals surface area contributed by atoms with Crippen LogP contribution < -0.4 is 16.8 Å². The molecule has 1 aromatic heterocycles. The second-order valence-electron chi connectivity index (χ2n) is 4.09. The van der Waals surface area contributed by atoms with Crippen LogP contribution in [0.1, 0.15) is 26.7 Å². The van der Waals surface area contributed by atoms with Crippen molar-refractivity contribution in [3.63, 3.8) is 0 Å². The number of carbonyl (C=O) groups is 1. The fourth-order valence-corrected chi connectivity index (χ4v) is 1.39. The molecule has 1 rings (SSSR count). The first-order chi connectivity index (χ1) is 7.45. The van der Waals surface area contributed by atoms with Crippen molar-refractivity contribution in [3.05, 3.63) is 18.3 Å². The minimum absolute atomic E-state index is 0.207. The monoisotopic (exact) mass is 222 g/mol. The second-order valence-corrected chi connectivity index (χ2v) is 4.09. The van der Waals surface area contributed by atoms with E-state index in [2.05, 4.69) is 10.3 Å². The van der Waals surface area contributed by atoms with E-state index in [1.807, 2.05) is 6.92 Å². The summed E-state index contributed by atoms with van der Waals surface area (Å²) < 4.78 is 0. The smallest absolute Gasteiger partial charge is 0.244 e. The maximum absolute atomic E-state index is 11.8. The summed E-state index contributed by atoms with van der Waals surface area (Å²) in [7, 11) is 0. The molecule has 0 aromatic carbocycles. The Morgan fingerprint density at radius 3 is 2.75 bits per heavy atom. The average molecular weight is 222 g/mol.